The number of carbonyl (C=O) groups excluding carboxylic acids is 1. The summed E-state index contributed by atoms with van der Waals surface area (Å²) in [4.78, 5) is 14.6. The quantitative estimate of drug-likeness (QED) is 0.642. The fraction of sp³-hybridized carbons (Fsp3) is 0.0500. The highest BCUT2D eigenvalue weighted by Crippen LogP contribution is 2.29. The van der Waals surface area contributed by atoms with Crippen molar-refractivity contribution in [1.29, 1.82) is 0 Å². The van der Waals surface area contributed by atoms with Crippen molar-refractivity contribution >= 4 is 15.9 Å². The molecule has 0 aromatic heterocycles. The van der Waals surface area contributed by atoms with E-state index in [0.29, 0.717) is 11.3 Å². The summed E-state index contributed by atoms with van der Waals surface area (Å²) in [5.41, 5.74) is 4.17. The Balaban J connectivity index is 1.78. The molecule has 0 saturated carbocycles. The second kappa shape index (κ2) is 8.03. The number of hydrazine groups is 1. The van der Waals surface area contributed by atoms with Crippen LogP contribution in [0.25, 0.3) is 11.1 Å². The van der Waals surface area contributed by atoms with E-state index in [1.807, 2.05) is 30.3 Å². The highest BCUT2D eigenvalue weighted by molar-refractivity contribution is 7.89. The first-order chi connectivity index (χ1) is 13.0. The maximum absolute atomic E-state index is 12.4. The Morgan fingerprint density at radius 1 is 0.889 bits per heavy atom. The van der Waals surface area contributed by atoms with Crippen LogP contribution in [0.2, 0.25) is 0 Å². The Morgan fingerprint density at radius 3 is 2.33 bits per heavy atom. The first-order valence-corrected chi connectivity index (χ1v) is 9.60. The number of ether oxygens (including phenoxy) is 1. The predicted octanol–water partition coefficient (Wildman–Crippen LogP) is 2.99. The minimum atomic E-state index is -3.84. The highest BCUT2D eigenvalue weighted by Gasteiger charge is 2.15. The number of amides is 1. The Kier molecular flexibility index (Phi) is 5.54. The first-order valence-electron chi connectivity index (χ1n) is 8.12. The molecule has 0 bridgehead atoms. The van der Waals surface area contributed by atoms with Gasteiger partial charge in [-0.15, -0.1) is 4.83 Å². The fourth-order valence-electron chi connectivity index (χ4n) is 2.56. The fourth-order valence-corrected chi connectivity index (χ4v) is 3.42. The van der Waals surface area contributed by atoms with Crippen molar-refractivity contribution in [3.63, 3.8) is 0 Å². The van der Waals surface area contributed by atoms with Crippen LogP contribution in [0.3, 0.4) is 0 Å². The van der Waals surface area contributed by atoms with Crippen LogP contribution in [0.1, 0.15) is 10.4 Å². The number of carbonyl (C=O) groups is 1. The van der Waals surface area contributed by atoms with Gasteiger partial charge in [0, 0.05) is 11.1 Å². The lowest BCUT2D eigenvalue weighted by Crippen LogP contribution is -2.41. The summed E-state index contributed by atoms with van der Waals surface area (Å²) >= 11 is 0. The minimum Gasteiger partial charge on any atom is -0.496 e. The number of para-hydroxylation sites is 1. The second-order valence-corrected chi connectivity index (χ2v) is 7.34. The molecule has 2 N–H and O–H groups in total. The second-order valence-electron chi connectivity index (χ2n) is 5.65. The predicted molar refractivity (Wildman–Crippen MR) is 103 cm³/mol. The summed E-state index contributed by atoms with van der Waals surface area (Å²) in [5, 5.41) is 0. The van der Waals surface area contributed by atoms with Gasteiger partial charge in [-0.05, 0) is 35.9 Å². The Morgan fingerprint density at radius 2 is 1.59 bits per heavy atom. The van der Waals surface area contributed by atoms with Crippen LogP contribution in [0.5, 0.6) is 5.75 Å². The molecule has 0 spiro atoms. The van der Waals surface area contributed by atoms with Crippen LogP contribution >= 0.6 is 0 Å². The van der Waals surface area contributed by atoms with Gasteiger partial charge in [-0.3, -0.25) is 10.2 Å². The largest absolute Gasteiger partial charge is 0.496 e. The number of benzene rings is 3. The number of sulfonamides is 1. The Hall–Kier alpha value is -3.16. The summed E-state index contributed by atoms with van der Waals surface area (Å²) in [6, 6.07) is 22.1. The highest BCUT2D eigenvalue weighted by atomic mass is 32.2. The molecule has 6 nitrogen and oxygen atoms in total. The molecule has 0 fully saturated rings. The number of rotatable bonds is 6. The lowest BCUT2D eigenvalue weighted by molar-refractivity contribution is 0.0945. The molecule has 3 aromatic rings. The van der Waals surface area contributed by atoms with Crippen molar-refractivity contribution in [1.82, 2.24) is 10.3 Å². The van der Waals surface area contributed by atoms with E-state index in [-0.39, 0.29) is 4.90 Å². The van der Waals surface area contributed by atoms with Crippen molar-refractivity contribution in [2.24, 2.45) is 0 Å². The van der Waals surface area contributed by atoms with Gasteiger partial charge < -0.3 is 4.74 Å². The molecule has 0 aliphatic heterocycles. The molecule has 0 aliphatic carbocycles. The summed E-state index contributed by atoms with van der Waals surface area (Å²) in [6.07, 6.45) is 0. The van der Waals surface area contributed by atoms with E-state index in [0.717, 1.165) is 11.1 Å². The van der Waals surface area contributed by atoms with Crippen LogP contribution < -0.4 is 15.0 Å². The molecule has 3 rings (SSSR count). The summed E-state index contributed by atoms with van der Waals surface area (Å²) in [7, 11) is -2.26. The van der Waals surface area contributed by atoms with Crippen molar-refractivity contribution in [2.75, 3.05) is 7.11 Å². The van der Waals surface area contributed by atoms with Crippen molar-refractivity contribution in [3.05, 3.63) is 84.4 Å². The van der Waals surface area contributed by atoms with Gasteiger partial charge >= 0.3 is 0 Å². The lowest BCUT2D eigenvalue weighted by Gasteiger charge is -2.11. The van der Waals surface area contributed by atoms with Crippen molar-refractivity contribution in [2.45, 2.75) is 4.90 Å². The van der Waals surface area contributed by atoms with Gasteiger partial charge in [-0.1, -0.05) is 48.5 Å². The van der Waals surface area contributed by atoms with Gasteiger partial charge in [0.1, 0.15) is 5.75 Å². The molecule has 1 amide bonds. The number of nitrogens with one attached hydrogen (secondary N) is 2. The molecule has 0 radical (unpaired) electrons. The van der Waals surface area contributed by atoms with Crippen LogP contribution in [0.15, 0.2) is 83.8 Å². The number of methoxy groups -OCH3 is 1. The summed E-state index contributed by atoms with van der Waals surface area (Å²) < 4.78 is 29.7. The molecular formula is C20H18N2O4S. The topological polar surface area (TPSA) is 84.5 Å². The van der Waals surface area contributed by atoms with E-state index in [4.69, 9.17) is 4.74 Å². The molecule has 0 heterocycles. The van der Waals surface area contributed by atoms with Crippen molar-refractivity contribution in [3.8, 4) is 16.9 Å². The van der Waals surface area contributed by atoms with E-state index in [2.05, 4.69) is 10.3 Å². The smallest absolute Gasteiger partial charge is 0.266 e. The van der Waals surface area contributed by atoms with Gasteiger partial charge in [0.05, 0.1) is 12.0 Å². The maximum atomic E-state index is 12.4. The Bertz CT molecular complexity index is 1050. The van der Waals surface area contributed by atoms with Gasteiger partial charge in [-0.25, -0.2) is 8.42 Å². The molecular weight excluding hydrogens is 364 g/mol. The van der Waals surface area contributed by atoms with Crippen molar-refractivity contribution < 1.29 is 17.9 Å². The minimum absolute atomic E-state index is 0.0630. The SMILES string of the molecule is COc1ccccc1-c1cccc(C(=O)NNS(=O)(=O)c2ccccc2)c1. The zero-order chi connectivity index (χ0) is 19.3. The summed E-state index contributed by atoms with van der Waals surface area (Å²) in [6.45, 7) is 0. The van der Waals surface area contributed by atoms with E-state index >= 15 is 0 Å². The molecule has 138 valence electrons. The molecule has 0 unspecified atom stereocenters. The Labute approximate surface area is 157 Å². The van der Waals surface area contributed by atoms with Gasteiger partial charge in [-0.2, -0.15) is 0 Å². The first kappa shape index (κ1) is 18.6. The normalized spacial score (nSPS) is 11.0. The van der Waals surface area contributed by atoms with Gasteiger partial charge in [0.25, 0.3) is 15.9 Å². The van der Waals surface area contributed by atoms with Gasteiger partial charge in [0.15, 0.2) is 0 Å². The summed E-state index contributed by atoms with van der Waals surface area (Å²) in [5.74, 6) is 0.117. The van der Waals surface area contributed by atoms with E-state index in [1.165, 1.54) is 12.1 Å². The molecule has 3 aromatic carbocycles. The average molecular weight is 382 g/mol. The van der Waals surface area contributed by atoms with Crippen LogP contribution in [0, 0.1) is 0 Å². The zero-order valence-corrected chi connectivity index (χ0v) is 15.4. The van der Waals surface area contributed by atoms with Gasteiger partial charge in [0.2, 0.25) is 0 Å². The molecule has 0 atom stereocenters. The molecule has 7 heteroatoms. The number of hydrogen-bond donors (Lipinski definition) is 2. The van der Waals surface area contributed by atoms with E-state index in [9.17, 15) is 13.2 Å². The zero-order valence-electron chi connectivity index (χ0n) is 14.5. The standard InChI is InChI=1S/C20H18N2O4S/c1-26-19-13-6-5-12-18(19)15-8-7-9-16(14-15)20(23)21-22-27(24,25)17-10-3-2-4-11-17/h2-14,22H,1H3,(H,21,23). The third-order valence-corrected chi connectivity index (χ3v) is 5.16. The molecule has 0 saturated heterocycles. The lowest BCUT2D eigenvalue weighted by atomic mass is 10.0. The van der Waals surface area contributed by atoms with Crippen LogP contribution in [-0.2, 0) is 10.0 Å². The van der Waals surface area contributed by atoms with E-state index in [1.54, 1.807) is 43.5 Å². The molecule has 0 aliphatic rings. The maximum Gasteiger partial charge on any atom is 0.266 e. The van der Waals surface area contributed by atoms with E-state index < -0.39 is 15.9 Å². The van der Waals surface area contributed by atoms with Crippen LogP contribution in [-0.4, -0.2) is 21.4 Å². The van der Waals surface area contributed by atoms with Crippen LogP contribution in [0.4, 0.5) is 0 Å². The third-order valence-electron chi connectivity index (χ3n) is 3.90. The third kappa shape index (κ3) is 4.33. The number of hydrogen-bond acceptors (Lipinski definition) is 4. The molecule has 27 heavy (non-hydrogen) atoms. The average Bonchev–Trinajstić information content (AvgIpc) is 2.72. The monoisotopic (exact) mass is 382 g/mol.